The van der Waals surface area contributed by atoms with Crippen LogP contribution in [-0.2, 0) is 30.1 Å². The number of hydrogen-bond donors (Lipinski definition) is 2. The first-order chi connectivity index (χ1) is 23.1. The molecular weight excluding hydrogens is 716 g/mol. The molecule has 2 amide bonds. The maximum Gasteiger partial charge on any atom is 0.343 e. The van der Waals surface area contributed by atoms with Crippen molar-refractivity contribution < 1.29 is 23.9 Å². The van der Waals surface area contributed by atoms with Crippen LogP contribution < -0.4 is 10.6 Å². The van der Waals surface area contributed by atoms with E-state index in [2.05, 4.69) is 57.3 Å². The molecule has 2 heterocycles. The van der Waals surface area contributed by atoms with Gasteiger partial charge in [-0.15, -0.1) is 11.3 Å². The Morgan fingerprint density at radius 1 is 0.820 bits per heavy atom. The van der Waals surface area contributed by atoms with Crippen molar-refractivity contribution in [2.75, 3.05) is 5.32 Å². The van der Waals surface area contributed by atoms with E-state index < -0.39 is 28.8 Å². The summed E-state index contributed by atoms with van der Waals surface area (Å²) in [6.45, 7) is 18.9. The number of aromatic nitrogens is 2. The van der Waals surface area contributed by atoms with Gasteiger partial charge in [-0.25, -0.2) is 14.8 Å². The molecule has 0 bridgehead atoms. The molecule has 9 nitrogen and oxygen atoms in total. The second kappa shape index (κ2) is 15.1. The summed E-state index contributed by atoms with van der Waals surface area (Å²) in [5.74, 6) is -0.673. The average molecular weight is 764 g/mol. The second-order valence-corrected chi connectivity index (χ2v) is 17.3. The third kappa shape index (κ3) is 10.3. The Morgan fingerprint density at radius 2 is 1.44 bits per heavy atom. The molecule has 0 aliphatic rings. The van der Waals surface area contributed by atoms with Gasteiger partial charge in [0.15, 0.2) is 11.4 Å². The van der Waals surface area contributed by atoms with Crippen molar-refractivity contribution >= 4 is 50.7 Å². The SMILES string of the molecule is CC(C)(C)OC(=O)C(C)(OC(C)(C)C)c1ccccc1NC(=O)C[C@H](NC(=O)c1ccc(C(C)(C)C)s1)c1ccc(-c2ncc(Br)cn2)cc1. The van der Waals surface area contributed by atoms with Crippen molar-refractivity contribution in [3.63, 3.8) is 0 Å². The summed E-state index contributed by atoms with van der Waals surface area (Å²) in [5.41, 5.74) is -0.772. The smallest absolute Gasteiger partial charge is 0.343 e. The molecule has 2 aromatic heterocycles. The molecule has 2 atom stereocenters. The Balaban J connectivity index is 1.66. The number of rotatable bonds is 10. The molecule has 2 N–H and O–H groups in total. The minimum Gasteiger partial charge on any atom is -0.458 e. The van der Waals surface area contributed by atoms with Crippen molar-refractivity contribution in [1.29, 1.82) is 0 Å². The molecule has 0 saturated carbocycles. The lowest BCUT2D eigenvalue weighted by atomic mass is 9.92. The van der Waals surface area contributed by atoms with E-state index in [9.17, 15) is 14.4 Å². The number of benzene rings is 2. The van der Waals surface area contributed by atoms with Gasteiger partial charge in [-0.05, 0) is 93.6 Å². The lowest BCUT2D eigenvalue weighted by Crippen LogP contribution is -2.45. The third-order valence-electron chi connectivity index (χ3n) is 7.47. The van der Waals surface area contributed by atoms with E-state index in [4.69, 9.17) is 9.47 Å². The Labute approximate surface area is 307 Å². The van der Waals surface area contributed by atoms with Gasteiger partial charge in [0.2, 0.25) is 5.91 Å². The highest BCUT2D eigenvalue weighted by molar-refractivity contribution is 9.10. The number of thiophene rings is 1. The molecule has 0 saturated heterocycles. The van der Waals surface area contributed by atoms with Gasteiger partial charge in [0.1, 0.15) is 5.60 Å². The Hall–Kier alpha value is -3.93. The molecule has 1 unspecified atom stereocenters. The quantitative estimate of drug-likeness (QED) is 0.155. The van der Waals surface area contributed by atoms with Crippen molar-refractivity contribution in [2.45, 2.75) is 104 Å². The van der Waals surface area contributed by atoms with Gasteiger partial charge in [-0.3, -0.25) is 9.59 Å². The number of carbonyl (C=O) groups is 3. The highest BCUT2D eigenvalue weighted by Gasteiger charge is 2.44. The summed E-state index contributed by atoms with van der Waals surface area (Å²) in [5, 5.41) is 6.09. The number of carbonyl (C=O) groups excluding carboxylic acids is 3. The maximum absolute atomic E-state index is 13.9. The summed E-state index contributed by atoms with van der Waals surface area (Å²) in [6.07, 6.45) is 3.26. The van der Waals surface area contributed by atoms with E-state index in [-0.39, 0.29) is 23.7 Å². The fourth-order valence-electron chi connectivity index (χ4n) is 5.26. The predicted octanol–water partition coefficient (Wildman–Crippen LogP) is 9.14. The van der Waals surface area contributed by atoms with Crippen molar-refractivity contribution in [2.24, 2.45) is 0 Å². The molecule has 4 rings (SSSR count). The van der Waals surface area contributed by atoms with Gasteiger partial charge in [-0.2, -0.15) is 0 Å². The zero-order chi connectivity index (χ0) is 37.1. The van der Waals surface area contributed by atoms with Gasteiger partial charge in [-0.1, -0.05) is 63.2 Å². The van der Waals surface area contributed by atoms with Crippen LogP contribution >= 0.6 is 27.3 Å². The first-order valence-electron chi connectivity index (χ1n) is 16.5. The summed E-state index contributed by atoms with van der Waals surface area (Å²) < 4.78 is 13.0. The van der Waals surface area contributed by atoms with E-state index in [1.165, 1.54) is 11.3 Å². The van der Waals surface area contributed by atoms with Crippen molar-refractivity contribution in [1.82, 2.24) is 15.3 Å². The number of hydrogen-bond acceptors (Lipinski definition) is 8. The highest BCUT2D eigenvalue weighted by Crippen LogP contribution is 2.38. The predicted molar refractivity (Wildman–Crippen MR) is 202 cm³/mol. The summed E-state index contributed by atoms with van der Waals surface area (Å²) in [7, 11) is 0. The second-order valence-electron chi connectivity index (χ2n) is 15.3. The number of para-hydroxylation sites is 1. The molecule has 0 aliphatic heterocycles. The number of esters is 1. The lowest BCUT2D eigenvalue weighted by molar-refractivity contribution is -0.199. The molecule has 4 aromatic rings. The van der Waals surface area contributed by atoms with E-state index in [0.29, 0.717) is 22.0 Å². The van der Waals surface area contributed by atoms with Crippen LogP contribution in [0.2, 0.25) is 0 Å². The van der Waals surface area contributed by atoms with Crippen LogP contribution in [0, 0.1) is 0 Å². The zero-order valence-corrected chi connectivity index (χ0v) is 32.8. The van der Waals surface area contributed by atoms with E-state index in [1.807, 2.05) is 57.2 Å². The largest absolute Gasteiger partial charge is 0.458 e. The molecule has 11 heteroatoms. The standard InChI is InChI=1S/C39H47BrN4O5S/c1-36(2,3)31-20-19-30(50-31)34(46)44-29(24-15-17-25(18-16-24)33-41-22-26(40)23-42-33)21-32(45)43-28-14-12-11-13-27(28)39(10,49-38(7,8)9)35(47)48-37(4,5)6/h11-20,22-23,29H,21H2,1-10H3,(H,43,45)(H,44,46)/t29-,39?/m0/s1. The fraction of sp³-hybridized carbons (Fsp3) is 0.410. The number of nitrogens with one attached hydrogen (secondary N) is 2. The number of nitrogens with zero attached hydrogens (tertiary/aromatic N) is 2. The minimum absolute atomic E-state index is 0.0883. The fourth-order valence-corrected chi connectivity index (χ4v) is 6.43. The van der Waals surface area contributed by atoms with Gasteiger partial charge < -0.3 is 20.1 Å². The number of halogens is 1. The van der Waals surface area contributed by atoms with E-state index in [1.54, 1.807) is 64.4 Å². The van der Waals surface area contributed by atoms with Crippen LogP contribution in [0.3, 0.4) is 0 Å². The molecule has 0 fully saturated rings. The zero-order valence-electron chi connectivity index (χ0n) is 30.4. The van der Waals surface area contributed by atoms with E-state index >= 15 is 0 Å². The lowest BCUT2D eigenvalue weighted by Gasteiger charge is -2.37. The molecular formula is C39H47BrN4O5S. The normalized spacial score (nSPS) is 14.0. The van der Waals surface area contributed by atoms with Crippen LogP contribution in [0.15, 0.2) is 77.5 Å². The van der Waals surface area contributed by atoms with Gasteiger partial charge >= 0.3 is 5.97 Å². The highest BCUT2D eigenvalue weighted by atomic mass is 79.9. The van der Waals surface area contributed by atoms with Gasteiger partial charge in [0, 0.05) is 34.1 Å². The summed E-state index contributed by atoms with van der Waals surface area (Å²) in [6, 6.07) is 17.6. The van der Waals surface area contributed by atoms with Crippen LogP contribution in [-0.4, -0.2) is 39.0 Å². The first kappa shape index (κ1) is 38.9. The first-order valence-corrected chi connectivity index (χ1v) is 18.1. The number of amides is 2. The van der Waals surface area contributed by atoms with Crippen LogP contribution in [0.25, 0.3) is 11.4 Å². The van der Waals surface area contributed by atoms with Gasteiger partial charge in [0.05, 0.1) is 27.4 Å². The molecule has 2 aromatic carbocycles. The number of ether oxygens (including phenoxy) is 2. The average Bonchev–Trinajstić information content (AvgIpc) is 3.52. The molecule has 0 aliphatic carbocycles. The minimum atomic E-state index is -1.54. The number of anilines is 1. The molecule has 50 heavy (non-hydrogen) atoms. The van der Waals surface area contributed by atoms with Crippen molar-refractivity contribution in [3.8, 4) is 11.4 Å². The van der Waals surface area contributed by atoms with Crippen LogP contribution in [0.1, 0.15) is 107 Å². The van der Waals surface area contributed by atoms with Gasteiger partial charge in [0.25, 0.3) is 5.91 Å². The topological polar surface area (TPSA) is 120 Å². The van der Waals surface area contributed by atoms with Crippen molar-refractivity contribution in [3.05, 3.63) is 98.4 Å². The molecule has 266 valence electrons. The Kier molecular flexibility index (Phi) is 11.8. The maximum atomic E-state index is 13.9. The summed E-state index contributed by atoms with van der Waals surface area (Å²) in [4.78, 5) is 51.6. The third-order valence-corrected chi connectivity index (χ3v) is 9.39. The Bertz CT molecular complexity index is 1820. The van der Waals surface area contributed by atoms with Crippen LogP contribution in [0.5, 0.6) is 0 Å². The summed E-state index contributed by atoms with van der Waals surface area (Å²) >= 11 is 4.80. The molecule has 0 spiro atoms. The Morgan fingerprint density at radius 3 is 2.00 bits per heavy atom. The monoisotopic (exact) mass is 762 g/mol. The van der Waals surface area contributed by atoms with E-state index in [0.717, 1.165) is 20.5 Å². The molecule has 0 radical (unpaired) electrons. The van der Waals surface area contributed by atoms with Crippen LogP contribution in [0.4, 0.5) is 5.69 Å².